The van der Waals surface area contributed by atoms with Crippen molar-refractivity contribution in [2.75, 3.05) is 32.8 Å². The number of aryl methyl sites for hydroxylation is 1. The van der Waals surface area contributed by atoms with Crippen LogP contribution in [0.4, 0.5) is 0 Å². The Balaban J connectivity index is 1.54. The standard InChI is InChI=1S/C22H33N3O3/c1-5-28-18-15-22(23,21(18,3)4)20(27)25-12-10-24(11-13-25)19(26)14-17-8-6-16(2)7-9-17/h6-9,18H,5,10-15,23H2,1-4H3. The maximum atomic E-state index is 13.1. The Morgan fingerprint density at radius 1 is 1.11 bits per heavy atom. The van der Waals surface area contributed by atoms with Gasteiger partial charge in [-0.15, -0.1) is 0 Å². The first kappa shape index (κ1) is 20.8. The van der Waals surface area contributed by atoms with Gasteiger partial charge in [0, 0.05) is 44.6 Å². The largest absolute Gasteiger partial charge is 0.378 e. The summed E-state index contributed by atoms with van der Waals surface area (Å²) < 4.78 is 5.73. The molecule has 0 radical (unpaired) electrons. The lowest BCUT2D eigenvalue weighted by atomic mass is 9.54. The minimum atomic E-state index is -0.888. The molecule has 1 aromatic carbocycles. The second kappa shape index (κ2) is 7.84. The molecule has 2 fully saturated rings. The van der Waals surface area contributed by atoms with E-state index < -0.39 is 11.0 Å². The van der Waals surface area contributed by atoms with Crippen LogP contribution in [0.1, 0.15) is 38.3 Å². The quantitative estimate of drug-likeness (QED) is 0.835. The van der Waals surface area contributed by atoms with Gasteiger partial charge >= 0.3 is 0 Å². The van der Waals surface area contributed by atoms with Crippen molar-refractivity contribution in [1.82, 2.24) is 9.80 Å². The Morgan fingerprint density at radius 3 is 2.21 bits per heavy atom. The van der Waals surface area contributed by atoms with Crippen molar-refractivity contribution in [3.63, 3.8) is 0 Å². The fourth-order valence-corrected chi connectivity index (χ4v) is 4.23. The molecule has 1 saturated heterocycles. The molecule has 1 heterocycles. The van der Waals surface area contributed by atoms with Gasteiger partial charge in [0.15, 0.2) is 0 Å². The predicted molar refractivity (Wildman–Crippen MR) is 109 cm³/mol. The average Bonchev–Trinajstić information content (AvgIpc) is 2.69. The number of nitrogens with two attached hydrogens (primary N) is 1. The molecule has 1 aromatic rings. The highest BCUT2D eigenvalue weighted by molar-refractivity contribution is 5.89. The highest BCUT2D eigenvalue weighted by atomic mass is 16.5. The molecule has 6 nitrogen and oxygen atoms in total. The third-order valence-corrected chi connectivity index (χ3v) is 6.61. The zero-order valence-electron chi connectivity index (χ0n) is 17.5. The zero-order chi connectivity index (χ0) is 20.5. The van der Waals surface area contributed by atoms with Crippen LogP contribution in [0.15, 0.2) is 24.3 Å². The van der Waals surface area contributed by atoms with E-state index in [4.69, 9.17) is 10.5 Å². The third-order valence-electron chi connectivity index (χ3n) is 6.61. The number of amides is 2. The van der Waals surface area contributed by atoms with Crippen molar-refractivity contribution in [2.24, 2.45) is 11.1 Å². The molecular weight excluding hydrogens is 354 g/mol. The molecule has 28 heavy (non-hydrogen) atoms. The number of rotatable bonds is 5. The van der Waals surface area contributed by atoms with E-state index in [9.17, 15) is 9.59 Å². The van der Waals surface area contributed by atoms with E-state index in [1.54, 1.807) is 0 Å². The van der Waals surface area contributed by atoms with Gasteiger partial charge in [0.25, 0.3) is 0 Å². The number of ether oxygens (including phenoxy) is 1. The van der Waals surface area contributed by atoms with E-state index in [2.05, 4.69) is 0 Å². The van der Waals surface area contributed by atoms with Crippen LogP contribution in [0.2, 0.25) is 0 Å². The maximum Gasteiger partial charge on any atom is 0.243 e. The van der Waals surface area contributed by atoms with Gasteiger partial charge in [0.2, 0.25) is 11.8 Å². The van der Waals surface area contributed by atoms with Gasteiger partial charge in [0.1, 0.15) is 5.54 Å². The predicted octanol–water partition coefficient (Wildman–Crippen LogP) is 1.74. The van der Waals surface area contributed by atoms with E-state index in [0.717, 1.165) is 5.56 Å². The summed E-state index contributed by atoms with van der Waals surface area (Å²) in [5.41, 5.74) is 7.46. The van der Waals surface area contributed by atoms with Crippen molar-refractivity contribution in [3.8, 4) is 0 Å². The van der Waals surface area contributed by atoms with E-state index in [0.29, 0.717) is 45.6 Å². The minimum Gasteiger partial charge on any atom is -0.378 e. The van der Waals surface area contributed by atoms with Gasteiger partial charge in [-0.3, -0.25) is 9.59 Å². The summed E-state index contributed by atoms with van der Waals surface area (Å²) in [6.07, 6.45) is 0.973. The number of carbonyl (C=O) groups is 2. The van der Waals surface area contributed by atoms with Crippen LogP contribution in [0.3, 0.4) is 0 Å². The fourth-order valence-electron chi connectivity index (χ4n) is 4.23. The molecular formula is C22H33N3O3. The van der Waals surface area contributed by atoms with Gasteiger partial charge < -0.3 is 20.3 Å². The number of benzene rings is 1. The van der Waals surface area contributed by atoms with E-state index >= 15 is 0 Å². The number of hydrogen-bond acceptors (Lipinski definition) is 4. The molecule has 0 spiro atoms. The summed E-state index contributed by atoms with van der Waals surface area (Å²) in [5, 5.41) is 0. The number of hydrogen-bond donors (Lipinski definition) is 1. The second-order valence-corrected chi connectivity index (χ2v) is 8.68. The molecule has 154 valence electrons. The molecule has 1 saturated carbocycles. The SMILES string of the molecule is CCOC1CC(N)(C(=O)N2CCN(C(=O)Cc3ccc(C)cc3)CC2)C1(C)C. The lowest BCUT2D eigenvalue weighted by Crippen LogP contribution is -2.76. The van der Waals surface area contributed by atoms with Crippen LogP contribution in [0.5, 0.6) is 0 Å². The normalized spacial score (nSPS) is 26.7. The van der Waals surface area contributed by atoms with Crippen molar-refractivity contribution < 1.29 is 14.3 Å². The lowest BCUT2D eigenvalue weighted by molar-refractivity contribution is -0.180. The molecule has 2 unspecified atom stereocenters. The van der Waals surface area contributed by atoms with Gasteiger partial charge in [-0.2, -0.15) is 0 Å². The average molecular weight is 388 g/mol. The van der Waals surface area contributed by atoms with Crippen molar-refractivity contribution in [3.05, 3.63) is 35.4 Å². The molecule has 6 heteroatoms. The molecule has 0 bridgehead atoms. The first-order chi connectivity index (χ1) is 13.2. The van der Waals surface area contributed by atoms with Crippen molar-refractivity contribution >= 4 is 11.8 Å². The van der Waals surface area contributed by atoms with Crippen LogP contribution >= 0.6 is 0 Å². The molecule has 1 aliphatic carbocycles. The smallest absolute Gasteiger partial charge is 0.243 e. The highest BCUT2D eigenvalue weighted by Crippen LogP contribution is 2.50. The maximum absolute atomic E-state index is 13.1. The van der Waals surface area contributed by atoms with Crippen molar-refractivity contribution in [1.29, 1.82) is 0 Å². The number of nitrogens with zero attached hydrogens (tertiary/aromatic N) is 2. The van der Waals surface area contributed by atoms with Crippen LogP contribution < -0.4 is 5.73 Å². The summed E-state index contributed by atoms with van der Waals surface area (Å²) >= 11 is 0. The molecule has 2 aliphatic rings. The van der Waals surface area contributed by atoms with Crippen LogP contribution in [-0.4, -0.2) is 66.0 Å². The molecule has 1 aliphatic heterocycles. The van der Waals surface area contributed by atoms with Gasteiger partial charge in [0.05, 0.1) is 12.5 Å². The molecule has 0 aromatic heterocycles. The minimum absolute atomic E-state index is 0.0147. The number of carbonyl (C=O) groups excluding carboxylic acids is 2. The van der Waals surface area contributed by atoms with E-state index in [1.807, 2.05) is 61.8 Å². The summed E-state index contributed by atoms with van der Waals surface area (Å²) in [6.45, 7) is 10.8. The highest BCUT2D eigenvalue weighted by Gasteiger charge is 2.63. The number of piperazine rings is 1. The van der Waals surface area contributed by atoms with E-state index in [-0.39, 0.29) is 17.9 Å². The van der Waals surface area contributed by atoms with Crippen LogP contribution in [0.25, 0.3) is 0 Å². The third kappa shape index (κ3) is 3.67. The Hall–Kier alpha value is -1.92. The topological polar surface area (TPSA) is 75.9 Å². The summed E-state index contributed by atoms with van der Waals surface area (Å²) in [6, 6.07) is 8.04. The molecule has 2 N–H and O–H groups in total. The zero-order valence-corrected chi connectivity index (χ0v) is 17.5. The van der Waals surface area contributed by atoms with Gasteiger partial charge in [-0.1, -0.05) is 43.7 Å². The Labute approximate surface area is 168 Å². The van der Waals surface area contributed by atoms with E-state index in [1.165, 1.54) is 5.56 Å². The Kier molecular flexibility index (Phi) is 5.82. The molecule has 2 amide bonds. The fraction of sp³-hybridized carbons (Fsp3) is 0.636. The van der Waals surface area contributed by atoms with Gasteiger partial charge in [-0.25, -0.2) is 0 Å². The summed E-state index contributed by atoms with van der Waals surface area (Å²) in [7, 11) is 0. The monoisotopic (exact) mass is 387 g/mol. The second-order valence-electron chi connectivity index (χ2n) is 8.68. The molecule has 2 atom stereocenters. The first-order valence-corrected chi connectivity index (χ1v) is 10.2. The Morgan fingerprint density at radius 2 is 1.68 bits per heavy atom. The van der Waals surface area contributed by atoms with Crippen LogP contribution in [-0.2, 0) is 20.7 Å². The first-order valence-electron chi connectivity index (χ1n) is 10.2. The van der Waals surface area contributed by atoms with Gasteiger partial charge in [-0.05, 0) is 19.4 Å². The summed E-state index contributed by atoms with van der Waals surface area (Å²) in [4.78, 5) is 29.4. The lowest BCUT2D eigenvalue weighted by Gasteiger charge is -2.59. The van der Waals surface area contributed by atoms with Crippen LogP contribution in [0, 0.1) is 12.3 Å². The summed E-state index contributed by atoms with van der Waals surface area (Å²) in [5.74, 6) is 0.0953. The van der Waals surface area contributed by atoms with Crippen molar-refractivity contribution in [2.45, 2.75) is 52.2 Å². The Bertz CT molecular complexity index is 723. The molecule has 3 rings (SSSR count).